The van der Waals surface area contributed by atoms with Crippen molar-refractivity contribution < 1.29 is 16.8 Å². The molecule has 3 N–H and O–H groups in total. The Bertz CT molecular complexity index is 990. The maximum absolute atomic E-state index is 12.3. The van der Waals surface area contributed by atoms with Crippen molar-refractivity contribution in [2.24, 2.45) is 0 Å². The first-order valence-electron chi connectivity index (χ1n) is 9.42. The molecule has 1 heterocycles. The van der Waals surface area contributed by atoms with E-state index < -0.39 is 20.0 Å². The molecular weight excluding hydrogens is 412 g/mol. The molecule has 0 radical (unpaired) electrons. The molecule has 0 saturated heterocycles. The van der Waals surface area contributed by atoms with Crippen molar-refractivity contribution in [2.75, 3.05) is 18.4 Å². The van der Waals surface area contributed by atoms with Crippen LogP contribution < -0.4 is 14.8 Å². The van der Waals surface area contributed by atoms with Gasteiger partial charge >= 0.3 is 0 Å². The zero-order valence-electron chi connectivity index (χ0n) is 16.8. The molecule has 160 valence electrons. The van der Waals surface area contributed by atoms with Gasteiger partial charge in [0.2, 0.25) is 20.0 Å². The van der Waals surface area contributed by atoms with E-state index in [0.717, 1.165) is 18.4 Å². The Morgan fingerprint density at radius 3 is 2.17 bits per heavy atom. The van der Waals surface area contributed by atoms with Gasteiger partial charge in [0.15, 0.2) is 0 Å². The summed E-state index contributed by atoms with van der Waals surface area (Å²) in [5.74, 6) is 0.458. The van der Waals surface area contributed by atoms with E-state index in [1.165, 1.54) is 12.3 Å². The van der Waals surface area contributed by atoms with E-state index in [2.05, 4.69) is 19.7 Å². The van der Waals surface area contributed by atoms with E-state index in [0.29, 0.717) is 12.4 Å². The Morgan fingerprint density at radius 1 is 0.931 bits per heavy atom. The highest BCUT2D eigenvalue weighted by molar-refractivity contribution is 7.89. The summed E-state index contributed by atoms with van der Waals surface area (Å²) < 4.78 is 54.2. The molecule has 1 atom stereocenters. The Kier molecular flexibility index (Phi) is 8.14. The van der Waals surface area contributed by atoms with Crippen LogP contribution in [0.3, 0.4) is 0 Å². The third kappa shape index (κ3) is 7.07. The van der Waals surface area contributed by atoms with Gasteiger partial charge in [-0.1, -0.05) is 31.0 Å². The minimum absolute atomic E-state index is 0.0890. The molecule has 0 aliphatic rings. The molecule has 0 aliphatic heterocycles. The maximum atomic E-state index is 12.3. The number of pyridine rings is 1. The van der Waals surface area contributed by atoms with Gasteiger partial charge in [-0.2, -0.15) is 0 Å². The van der Waals surface area contributed by atoms with Crippen LogP contribution >= 0.6 is 0 Å². The Hall–Kier alpha value is -2.01. The molecule has 29 heavy (non-hydrogen) atoms. The highest BCUT2D eigenvalue weighted by Gasteiger charge is 2.17. The fourth-order valence-electron chi connectivity index (χ4n) is 2.65. The summed E-state index contributed by atoms with van der Waals surface area (Å²) in [7, 11) is -7.18. The molecule has 0 spiro atoms. The predicted molar refractivity (Wildman–Crippen MR) is 114 cm³/mol. The second-order valence-corrected chi connectivity index (χ2v) is 10.3. The third-order valence-corrected chi connectivity index (χ3v) is 7.23. The van der Waals surface area contributed by atoms with Crippen molar-refractivity contribution in [3.05, 3.63) is 48.2 Å². The minimum Gasteiger partial charge on any atom is -0.369 e. The van der Waals surface area contributed by atoms with E-state index in [1.807, 2.05) is 20.8 Å². The van der Waals surface area contributed by atoms with Crippen molar-refractivity contribution in [1.82, 2.24) is 14.4 Å². The topological polar surface area (TPSA) is 117 Å². The number of hydrogen-bond donors (Lipinski definition) is 3. The van der Waals surface area contributed by atoms with Gasteiger partial charge in [0.1, 0.15) is 10.7 Å². The lowest BCUT2D eigenvalue weighted by molar-refractivity contribution is 0.543. The number of benzene rings is 1. The highest BCUT2D eigenvalue weighted by Crippen LogP contribution is 2.12. The molecule has 0 amide bonds. The molecule has 1 aromatic carbocycles. The quantitative estimate of drug-likeness (QED) is 0.461. The summed E-state index contributed by atoms with van der Waals surface area (Å²) in [6.45, 7) is 6.17. The van der Waals surface area contributed by atoms with Crippen LogP contribution in [0.5, 0.6) is 0 Å². The van der Waals surface area contributed by atoms with Crippen molar-refractivity contribution in [3.8, 4) is 0 Å². The summed E-state index contributed by atoms with van der Waals surface area (Å²) in [5.41, 5.74) is 0.983. The maximum Gasteiger partial charge on any atom is 0.242 e. The van der Waals surface area contributed by atoms with E-state index in [1.54, 1.807) is 30.3 Å². The average Bonchev–Trinajstić information content (AvgIpc) is 2.66. The molecule has 0 fully saturated rings. The lowest BCUT2D eigenvalue weighted by Gasteiger charge is -2.13. The normalized spacial score (nSPS) is 13.2. The van der Waals surface area contributed by atoms with E-state index >= 15 is 0 Å². The summed E-state index contributed by atoms with van der Waals surface area (Å²) >= 11 is 0. The SMILES string of the molecule is CCCC(C)NS(=O)(=O)c1ccc(NCCNS(=O)(=O)c2ccc(C)cc2)nc1. The number of anilines is 1. The van der Waals surface area contributed by atoms with E-state index in [-0.39, 0.29) is 22.4 Å². The number of aryl methyl sites for hydroxylation is 1. The summed E-state index contributed by atoms with van der Waals surface area (Å²) in [6, 6.07) is 9.46. The van der Waals surface area contributed by atoms with Crippen LogP contribution in [0.4, 0.5) is 5.82 Å². The van der Waals surface area contributed by atoms with Crippen molar-refractivity contribution in [2.45, 2.75) is 49.4 Å². The van der Waals surface area contributed by atoms with Crippen LogP contribution in [0.1, 0.15) is 32.3 Å². The molecule has 0 saturated carbocycles. The van der Waals surface area contributed by atoms with Crippen molar-refractivity contribution >= 4 is 25.9 Å². The number of rotatable bonds is 11. The van der Waals surface area contributed by atoms with Crippen LogP contribution in [-0.4, -0.2) is 41.0 Å². The molecule has 0 bridgehead atoms. The zero-order chi connectivity index (χ0) is 21.5. The van der Waals surface area contributed by atoms with Crippen LogP contribution in [0.2, 0.25) is 0 Å². The number of nitrogens with zero attached hydrogens (tertiary/aromatic N) is 1. The van der Waals surface area contributed by atoms with Gasteiger partial charge in [-0.05, 0) is 44.5 Å². The van der Waals surface area contributed by atoms with Crippen LogP contribution in [0.25, 0.3) is 0 Å². The number of hydrogen-bond acceptors (Lipinski definition) is 6. The fourth-order valence-corrected chi connectivity index (χ4v) is 4.90. The molecule has 2 rings (SSSR count). The standard InChI is InChI=1S/C19H28N4O4S2/c1-4-5-16(3)23-29(26,27)18-10-11-19(21-14-18)20-12-13-22-28(24,25)17-8-6-15(2)7-9-17/h6-11,14,16,22-23H,4-5,12-13H2,1-3H3,(H,20,21). The lowest BCUT2D eigenvalue weighted by atomic mass is 10.2. The largest absolute Gasteiger partial charge is 0.369 e. The molecule has 8 nitrogen and oxygen atoms in total. The van der Waals surface area contributed by atoms with Crippen molar-refractivity contribution in [3.63, 3.8) is 0 Å². The molecule has 1 aromatic heterocycles. The van der Waals surface area contributed by atoms with Gasteiger partial charge in [0.25, 0.3) is 0 Å². The summed E-state index contributed by atoms with van der Waals surface area (Å²) in [5, 5.41) is 2.96. The van der Waals surface area contributed by atoms with Gasteiger partial charge in [0, 0.05) is 25.3 Å². The molecule has 10 heteroatoms. The van der Waals surface area contributed by atoms with Crippen molar-refractivity contribution in [1.29, 1.82) is 0 Å². The second-order valence-electron chi connectivity index (χ2n) is 6.83. The van der Waals surface area contributed by atoms with Gasteiger partial charge in [-0.25, -0.2) is 31.3 Å². The predicted octanol–water partition coefficient (Wildman–Crippen LogP) is 2.25. The minimum atomic E-state index is -3.61. The molecule has 0 aliphatic carbocycles. The highest BCUT2D eigenvalue weighted by atomic mass is 32.2. The average molecular weight is 441 g/mol. The van der Waals surface area contributed by atoms with Crippen LogP contribution in [0, 0.1) is 6.92 Å². The lowest BCUT2D eigenvalue weighted by Crippen LogP contribution is -2.32. The summed E-state index contributed by atoms with van der Waals surface area (Å²) in [6.07, 6.45) is 2.92. The van der Waals surface area contributed by atoms with Gasteiger partial charge < -0.3 is 5.32 Å². The number of sulfonamides is 2. The first-order valence-corrected chi connectivity index (χ1v) is 12.4. The Morgan fingerprint density at radius 2 is 1.59 bits per heavy atom. The molecule has 2 aromatic rings. The smallest absolute Gasteiger partial charge is 0.242 e. The zero-order valence-corrected chi connectivity index (χ0v) is 18.5. The Labute approximate surface area is 173 Å². The first kappa shape index (κ1) is 23.3. The van der Waals surface area contributed by atoms with Gasteiger partial charge in [0.05, 0.1) is 4.90 Å². The number of aromatic nitrogens is 1. The molecule has 1 unspecified atom stereocenters. The fraction of sp³-hybridized carbons (Fsp3) is 0.421. The number of nitrogens with one attached hydrogen (secondary N) is 3. The molecular formula is C19H28N4O4S2. The second kappa shape index (κ2) is 10.1. The van der Waals surface area contributed by atoms with Crippen LogP contribution in [-0.2, 0) is 20.0 Å². The van der Waals surface area contributed by atoms with E-state index in [4.69, 9.17) is 0 Å². The van der Waals surface area contributed by atoms with E-state index in [9.17, 15) is 16.8 Å². The van der Waals surface area contributed by atoms with Gasteiger partial charge in [-0.3, -0.25) is 0 Å². The van der Waals surface area contributed by atoms with Gasteiger partial charge in [-0.15, -0.1) is 0 Å². The third-order valence-electron chi connectivity index (χ3n) is 4.18. The summed E-state index contributed by atoms with van der Waals surface area (Å²) in [4.78, 5) is 4.39. The first-order chi connectivity index (χ1) is 13.6. The van der Waals surface area contributed by atoms with Crippen LogP contribution in [0.15, 0.2) is 52.4 Å². The monoisotopic (exact) mass is 440 g/mol. The Balaban J connectivity index is 1.86.